The summed E-state index contributed by atoms with van der Waals surface area (Å²) in [4.78, 5) is 0. The predicted octanol–water partition coefficient (Wildman–Crippen LogP) is 3.44. The maximum Gasteiger partial charge on any atom is 0.0963 e. The average molecular weight is 179 g/mol. The third kappa shape index (κ3) is 2.09. The minimum absolute atomic E-state index is 0.216. The topological polar surface area (TPSA) is 0 Å². The summed E-state index contributed by atoms with van der Waals surface area (Å²) < 4.78 is 12.4. The van der Waals surface area contributed by atoms with Crippen LogP contribution in [0.4, 0.5) is 4.39 Å². The molecule has 1 rings (SSSR count). The molecular formula is C12H16F. The fourth-order valence-corrected chi connectivity index (χ4v) is 1.61. The summed E-state index contributed by atoms with van der Waals surface area (Å²) >= 11 is 0. The summed E-state index contributed by atoms with van der Waals surface area (Å²) in [7, 11) is 0. The molecular weight excluding hydrogens is 163 g/mol. The van der Waals surface area contributed by atoms with E-state index < -0.39 is 0 Å². The predicted molar refractivity (Wildman–Crippen MR) is 54.6 cm³/mol. The Morgan fingerprint density at radius 2 is 2.15 bits per heavy atom. The molecule has 1 aromatic carbocycles. The number of aryl methyl sites for hydroxylation is 1. The van der Waals surface area contributed by atoms with Gasteiger partial charge in [0.2, 0.25) is 0 Å². The number of alkyl halides is 1. The molecule has 0 heterocycles. The molecule has 1 radical (unpaired) electrons. The van der Waals surface area contributed by atoms with Crippen LogP contribution in [0.25, 0.3) is 0 Å². The molecule has 0 fully saturated rings. The van der Waals surface area contributed by atoms with Gasteiger partial charge in [0.05, 0.1) is 6.67 Å². The summed E-state index contributed by atoms with van der Waals surface area (Å²) in [6, 6.07) is 6.03. The molecule has 1 aromatic rings. The van der Waals surface area contributed by atoms with Gasteiger partial charge in [-0.05, 0) is 37.0 Å². The highest BCUT2D eigenvalue weighted by molar-refractivity contribution is 5.37. The van der Waals surface area contributed by atoms with Gasteiger partial charge in [-0.1, -0.05) is 25.1 Å². The van der Waals surface area contributed by atoms with Crippen LogP contribution in [-0.4, -0.2) is 6.67 Å². The van der Waals surface area contributed by atoms with Crippen LogP contribution in [-0.2, 0) is 6.42 Å². The van der Waals surface area contributed by atoms with Gasteiger partial charge >= 0.3 is 0 Å². The van der Waals surface area contributed by atoms with Crippen molar-refractivity contribution in [2.24, 2.45) is 0 Å². The summed E-state index contributed by atoms with van der Waals surface area (Å²) in [5.74, 6) is -0.216. The lowest BCUT2D eigenvalue weighted by molar-refractivity contribution is 0.464. The Labute approximate surface area is 79.8 Å². The van der Waals surface area contributed by atoms with Crippen molar-refractivity contribution in [1.29, 1.82) is 0 Å². The van der Waals surface area contributed by atoms with Crippen LogP contribution in [0.15, 0.2) is 18.2 Å². The van der Waals surface area contributed by atoms with E-state index >= 15 is 0 Å². The third-order valence-electron chi connectivity index (χ3n) is 2.49. The van der Waals surface area contributed by atoms with Gasteiger partial charge in [0, 0.05) is 5.92 Å². The zero-order valence-electron chi connectivity index (χ0n) is 8.31. The number of benzene rings is 1. The number of halogens is 1. The SMILES string of the molecule is [CH2]C(CF)c1cccc(CC)c1C. The van der Waals surface area contributed by atoms with E-state index in [-0.39, 0.29) is 12.6 Å². The molecule has 0 saturated carbocycles. The minimum atomic E-state index is -0.381. The van der Waals surface area contributed by atoms with Gasteiger partial charge in [-0.3, -0.25) is 4.39 Å². The number of hydrogen-bond donors (Lipinski definition) is 0. The van der Waals surface area contributed by atoms with Crippen molar-refractivity contribution in [3.05, 3.63) is 41.8 Å². The Bertz CT molecular complexity index is 278. The highest BCUT2D eigenvalue weighted by atomic mass is 19.1. The quantitative estimate of drug-likeness (QED) is 0.666. The zero-order chi connectivity index (χ0) is 9.84. The van der Waals surface area contributed by atoms with E-state index in [0.29, 0.717) is 0 Å². The van der Waals surface area contributed by atoms with Gasteiger partial charge in [-0.25, -0.2) is 0 Å². The number of rotatable bonds is 3. The lowest BCUT2D eigenvalue weighted by Gasteiger charge is -2.13. The second kappa shape index (κ2) is 4.40. The van der Waals surface area contributed by atoms with Crippen molar-refractivity contribution in [2.45, 2.75) is 26.2 Å². The average Bonchev–Trinajstić information content (AvgIpc) is 2.17. The highest BCUT2D eigenvalue weighted by Crippen LogP contribution is 2.22. The van der Waals surface area contributed by atoms with Crippen LogP contribution in [0.2, 0.25) is 0 Å². The Hall–Kier alpha value is -0.850. The summed E-state index contributed by atoms with van der Waals surface area (Å²) in [6.07, 6.45) is 0.999. The first-order chi connectivity index (χ1) is 6.20. The van der Waals surface area contributed by atoms with Crippen LogP contribution < -0.4 is 0 Å². The summed E-state index contributed by atoms with van der Waals surface area (Å²) in [5, 5.41) is 0. The number of hydrogen-bond acceptors (Lipinski definition) is 0. The van der Waals surface area contributed by atoms with Crippen molar-refractivity contribution in [3.63, 3.8) is 0 Å². The molecule has 0 aromatic heterocycles. The molecule has 0 nitrogen and oxygen atoms in total. The van der Waals surface area contributed by atoms with Gasteiger partial charge in [-0.15, -0.1) is 0 Å². The summed E-state index contributed by atoms with van der Waals surface area (Å²) in [6.45, 7) is 7.56. The van der Waals surface area contributed by atoms with Crippen molar-refractivity contribution < 1.29 is 4.39 Å². The lowest BCUT2D eigenvalue weighted by atomic mass is 9.93. The first-order valence-corrected chi connectivity index (χ1v) is 4.68. The van der Waals surface area contributed by atoms with E-state index in [0.717, 1.165) is 12.0 Å². The molecule has 1 atom stereocenters. The Morgan fingerprint density at radius 3 is 2.69 bits per heavy atom. The van der Waals surface area contributed by atoms with Gasteiger partial charge in [0.25, 0.3) is 0 Å². The smallest absolute Gasteiger partial charge is 0.0963 e. The molecule has 0 bridgehead atoms. The van der Waals surface area contributed by atoms with Crippen LogP contribution in [0.3, 0.4) is 0 Å². The van der Waals surface area contributed by atoms with Crippen LogP contribution >= 0.6 is 0 Å². The maximum atomic E-state index is 12.4. The van der Waals surface area contributed by atoms with E-state index in [1.165, 1.54) is 11.1 Å². The molecule has 1 unspecified atom stereocenters. The van der Waals surface area contributed by atoms with Crippen LogP contribution in [0, 0.1) is 13.8 Å². The van der Waals surface area contributed by atoms with Crippen molar-refractivity contribution in [2.75, 3.05) is 6.67 Å². The van der Waals surface area contributed by atoms with E-state index in [1.54, 1.807) is 0 Å². The lowest BCUT2D eigenvalue weighted by Crippen LogP contribution is -2.01. The first-order valence-electron chi connectivity index (χ1n) is 4.68. The van der Waals surface area contributed by atoms with E-state index in [9.17, 15) is 4.39 Å². The van der Waals surface area contributed by atoms with Gasteiger partial charge in [0.15, 0.2) is 0 Å². The molecule has 0 N–H and O–H groups in total. The van der Waals surface area contributed by atoms with Crippen molar-refractivity contribution in [3.8, 4) is 0 Å². The molecule has 0 amide bonds. The zero-order valence-corrected chi connectivity index (χ0v) is 8.31. The Kier molecular flexibility index (Phi) is 3.47. The molecule has 1 heteroatoms. The molecule has 0 spiro atoms. The third-order valence-corrected chi connectivity index (χ3v) is 2.49. The van der Waals surface area contributed by atoms with Crippen molar-refractivity contribution in [1.82, 2.24) is 0 Å². The normalized spacial score (nSPS) is 12.9. The second-order valence-electron chi connectivity index (χ2n) is 3.34. The van der Waals surface area contributed by atoms with Crippen LogP contribution in [0.5, 0.6) is 0 Å². The van der Waals surface area contributed by atoms with E-state index in [4.69, 9.17) is 0 Å². The van der Waals surface area contributed by atoms with E-state index in [2.05, 4.69) is 19.9 Å². The maximum absolute atomic E-state index is 12.4. The van der Waals surface area contributed by atoms with Crippen molar-refractivity contribution >= 4 is 0 Å². The Morgan fingerprint density at radius 1 is 1.46 bits per heavy atom. The fraction of sp³-hybridized carbons (Fsp3) is 0.417. The Balaban J connectivity index is 3.08. The standard InChI is InChI=1S/C12H16F/c1-4-11-6-5-7-12(10(11)3)9(2)8-13/h5-7,9H,2,4,8H2,1,3H3. The van der Waals surface area contributed by atoms with Gasteiger partial charge < -0.3 is 0 Å². The largest absolute Gasteiger partial charge is 0.250 e. The molecule has 0 aliphatic carbocycles. The van der Waals surface area contributed by atoms with Gasteiger partial charge in [-0.2, -0.15) is 0 Å². The molecule has 0 saturated heterocycles. The molecule has 71 valence electrons. The minimum Gasteiger partial charge on any atom is -0.250 e. The monoisotopic (exact) mass is 179 g/mol. The van der Waals surface area contributed by atoms with Gasteiger partial charge in [0.1, 0.15) is 0 Å². The van der Waals surface area contributed by atoms with Crippen LogP contribution in [0.1, 0.15) is 29.5 Å². The molecule has 0 aliphatic rings. The second-order valence-corrected chi connectivity index (χ2v) is 3.34. The molecule has 13 heavy (non-hydrogen) atoms. The highest BCUT2D eigenvalue weighted by Gasteiger charge is 2.09. The fourth-order valence-electron chi connectivity index (χ4n) is 1.61. The van der Waals surface area contributed by atoms with E-state index in [1.807, 2.05) is 19.1 Å². The first kappa shape index (κ1) is 10.2. The molecule has 0 aliphatic heterocycles. The summed E-state index contributed by atoms with van der Waals surface area (Å²) in [5.41, 5.74) is 3.53.